The number of amidine groups is 1. The maximum atomic E-state index is 12.2. The smallest absolute Gasteiger partial charge is 0.171 e. The van der Waals surface area contributed by atoms with E-state index in [2.05, 4.69) is 4.98 Å². The SMILES string of the molecule is CCS(=O)(=O)C1CSCCN1c1ccc(C(=N)N)nc1. The summed E-state index contributed by atoms with van der Waals surface area (Å²) in [6, 6.07) is 3.42. The number of thioether (sulfide) groups is 1. The van der Waals surface area contributed by atoms with E-state index in [1.165, 1.54) is 0 Å². The van der Waals surface area contributed by atoms with E-state index in [4.69, 9.17) is 11.1 Å². The minimum atomic E-state index is -3.13. The summed E-state index contributed by atoms with van der Waals surface area (Å²) >= 11 is 1.66. The molecule has 20 heavy (non-hydrogen) atoms. The van der Waals surface area contributed by atoms with Gasteiger partial charge in [0.2, 0.25) is 0 Å². The molecule has 1 fully saturated rings. The lowest BCUT2D eigenvalue weighted by atomic mass is 10.3. The number of nitrogen functional groups attached to an aromatic ring is 1. The zero-order valence-corrected chi connectivity index (χ0v) is 12.9. The average Bonchev–Trinajstić information content (AvgIpc) is 2.47. The molecule has 1 aromatic heterocycles. The van der Waals surface area contributed by atoms with Gasteiger partial charge in [0.25, 0.3) is 0 Å². The third-order valence-electron chi connectivity index (χ3n) is 3.26. The third kappa shape index (κ3) is 3.06. The maximum Gasteiger partial charge on any atom is 0.171 e. The molecule has 6 nitrogen and oxygen atoms in total. The number of aromatic nitrogens is 1. The van der Waals surface area contributed by atoms with Gasteiger partial charge in [0, 0.05) is 23.8 Å². The fourth-order valence-electron chi connectivity index (χ4n) is 2.08. The van der Waals surface area contributed by atoms with Crippen LogP contribution >= 0.6 is 11.8 Å². The Morgan fingerprint density at radius 3 is 2.90 bits per heavy atom. The Kier molecular flexibility index (Phi) is 4.54. The van der Waals surface area contributed by atoms with Crippen molar-refractivity contribution in [2.45, 2.75) is 12.3 Å². The van der Waals surface area contributed by atoms with Crippen LogP contribution in [0.5, 0.6) is 0 Å². The molecule has 1 unspecified atom stereocenters. The van der Waals surface area contributed by atoms with Gasteiger partial charge in [-0.2, -0.15) is 11.8 Å². The lowest BCUT2D eigenvalue weighted by Crippen LogP contribution is -2.48. The van der Waals surface area contributed by atoms with Crippen molar-refractivity contribution in [3.8, 4) is 0 Å². The quantitative estimate of drug-likeness (QED) is 0.626. The molecule has 1 aliphatic rings. The first kappa shape index (κ1) is 15.1. The molecule has 1 aliphatic heterocycles. The van der Waals surface area contributed by atoms with E-state index in [1.807, 2.05) is 4.90 Å². The van der Waals surface area contributed by atoms with Crippen molar-refractivity contribution in [3.05, 3.63) is 24.0 Å². The summed E-state index contributed by atoms with van der Waals surface area (Å²) in [6.07, 6.45) is 1.59. The molecule has 0 bridgehead atoms. The van der Waals surface area contributed by atoms with Crippen molar-refractivity contribution in [3.63, 3.8) is 0 Å². The number of anilines is 1. The van der Waals surface area contributed by atoms with Crippen LogP contribution in [0.1, 0.15) is 12.6 Å². The highest BCUT2D eigenvalue weighted by Crippen LogP contribution is 2.26. The maximum absolute atomic E-state index is 12.2. The first-order valence-corrected chi connectivity index (χ1v) is 9.19. The molecule has 1 aromatic rings. The van der Waals surface area contributed by atoms with Gasteiger partial charge >= 0.3 is 0 Å². The lowest BCUT2D eigenvalue weighted by Gasteiger charge is -2.36. The molecule has 0 amide bonds. The Morgan fingerprint density at radius 1 is 1.60 bits per heavy atom. The highest BCUT2D eigenvalue weighted by atomic mass is 32.2. The van der Waals surface area contributed by atoms with E-state index in [0.29, 0.717) is 18.0 Å². The Morgan fingerprint density at radius 2 is 2.35 bits per heavy atom. The monoisotopic (exact) mass is 314 g/mol. The molecule has 110 valence electrons. The number of nitrogens with two attached hydrogens (primary N) is 1. The van der Waals surface area contributed by atoms with Crippen LogP contribution in [-0.4, -0.2) is 48.4 Å². The van der Waals surface area contributed by atoms with Crippen molar-refractivity contribution >= 4 is 33.1 Å². The number of nitrogens with one attached hydrogen (secondary N) is 1. The molecule has 0 spiro atoms. The number of sulfone groups is 1. The van der Waals surface area contributed by atoms with Crippen molar-refractivity contribution in [2.75, 3.05) is 28.7 Å². The number of pyridine rings is 1. The standard InChI is InChI=1S/C12H18N4O2S2/c1-2-20(17,18)11-8-19-6-5-16(11)9-3-4-10(12(13)14)15-7-9/h3-4,7,11H,2,5-6,8H2,1H3,(H3,13,14). The molecule has 3 N–H and O–H groups in total. The molecular formula is C12H18N4O2S2. The third-order valence-corrected chi connectivity index (χ3v) is 6.55. The fourth-order valence-corrected chi connectivity index (χ4v) is 5.07. The summed E-state index contributed by atoms with van der Waals surface area (Å²) in [5, 5.41) is 6.82. The zero-order valence-electron chi connectivity index (χ0n) is 11.2. The predicted octanol–water partition coefficient (Wildman–Crippen LogP) is 0.680. The van der Waals surface area contributed by atoms with Gasteiger partial charge < -0.3 is 10.6 Å². The molecule has 1 saturated heterocycles. The lowest BCUT2D eigenvalue weighted by molar-refractivity contribution is 0.579. The number of hydrogen-bond donors (Lipinski definition) is 2. The van der Waals surface area contributed by atoms with Gasteiger partial charge in [-0.15, -0.1) is 0 Å². The number of rotatable bonds is 4. The summed E-state index contributed by atoms with van der Waals surface area (Å²) in [6.45, 7) is 2.35. The first-order valence-electron chi connectivity index (χ1n) is 6.32. The fraction of sp³-hybridized carbons (Fsp3) is 0.500. The molecule has 0 radical (unpaired) electrons. The van der Waals surface area contributed by atoms with Crippen LogP contribution in [0.3, 0.4) is 0 Å². The second-order valence-electron chi connectivity index (χ2n) is 4.49. The van der Waals surface area contributed by atoms with Gasteiger partial charge in [-0.05, 0) is 12.1 Å². The van der Waals surface area contributed by atoms with Crippen molar-refractivity contribution in [2.24, 2.45) is 5.73 Å². The average molecular weight is 314 g/mol. The largest absolute Gasteiger partial charge is 0.382 e. The molecular weight excluding hydrogens is 296 g/mol. The Balaban J connectivity index is 2.30. The van der Waals surface area contributed by atoms with E-state index in [-0.39, 0.29) is 11.6 Å². The molecule has 0 saturated carbocycles. The van der Waals surface area contributed by atoms with Gasteiger partial charge in [-0.1, -0.05) is 6.92 Å². The van der Waals surface area contributed by atoms with Gasteiger partial charge in [-0.25, -0.2) is 8.42 Å². The minimum Gasteiger partial charge on any atom is -0.382 e. The summed E-state index contributed by atoms with van der Waals surface area (Å²) in [5.74, 6) is 1.51. The summed E-state index contributed by atoms with van der Waals surface area (Å²) in [7, 11) is -3.13. The normalized spacial score (nSPS) is 19.9. The molecule has 1 atom stereocenters. The predicted molar refractivity (Wildman–Crippen MR) is 83.2 cm³/mol. The summed E-state index contributed by atoms with van der Waals surface area (Å²) < 4.78 is 24.4. The van der Waals surface area contributed by atoms with Crippen molar-refractivity contribution in [1.82, 2.24) is 4.98 Å². The molecule has 0 aliphatic carbocycles. The summed E-state index contributed by atoms with van der Waals surface area (Å²) in [5.41, 5.74) is 6.53. The van der Waals surface area contributed by atoms with Crippen LogP contribution in [-0.2, 0) is 9.84 Å². The van der Waals surface area contributed by atoms with Crippen LogP contribution in [0.4, 0.5) is 5.69 Å². The highest BCUT2D eigenvalue weighted by Gasteiger charge is 2.33. The molecule has 8 heteroatoms. The molecule has 0 aromatic carbocycles. The van der Waals surface area contributed by atoms with Gasteiger partial charge in [-0.3, -0.25) is 10.4 Å². The van der Waals surface area contributed by atoms with Gasteiger partial charge in [0.15, 0.2) is 9.84 Å². The van der Waals surface area contributed by atoms with Crippen LogP contribution in [0.15, 0.2) is 18.3 Å². The summed E-state index contributed by atoms with van der Waals surface area (Å²) in [4.78, 5) is 5.98. The number of nitrogens with zero attached hydrogens (tertiary/aromatic N) is 2. The molecule has 2 rings (SSSR count). The van der Waals surface area contributed by atoms with Gasteiger partial charge in [0.05, 0.1) is 11.9 Å². The Bertz CT molecular complexity index is 586. The zero-order chi connectivity index (χ0) is 14.8. The van der Waals surface area contributed by atoms with Crippen molar-refractivity contribution in [1.29, 1.82) is 5.41 Å². The van der Waals surface area contributed by atoms with Crippen LogP contribution in [0.25, 0.3) is 0 Å². The van der Waals surface area contributed by atoms with Gasteiger partial charge in [0.1, 0.15) is 16.9 Å². The van der Waals surface area contributed by atoms with E-state index in [9.17, 15) is 8.42 Å². The van der Waals surface area contributed by atoms with Crippen LogP contribution in [0, 0.1) is 5.41 Å². The Labute approximate surface area is 123 Å². The van der Waals surface area contributed by atoms with E-state index in [0.717, 1.165) is 11.4 Å². The van der Waals surface area contributed by atoms with E-state index >= 15 is 0 Å². The Hall–Kier alpha value is -1.28. The minimum absolute atomic E-state index is 0.0940. The highest BCUT2D eigenvalue weighted by molar-refractivity contribution is 8.01. The van der Waals surface area contributed by atoms with Crippen LogP contribution in [0.2, 0.25) is 0 Å². The second kappa shape index (κ2) is 6.01. The molecule has 2 heterocycles. The van der Waals surface area contributed by atoms with E-state index < -0.39 is 15.2 Å². The number of hydrogen-bond acceptors (Lipinski definition) is 6. The topological polar surface area (TPSA) is 100 Å². The second-order valence-corrected chi connectivity index (χ2v) is 8.09. The van der Waals surface area contributed by atoms with Crippen LogP contribution < -0.4 is 10.6 Å². The van der Waals surface area contributed by atoms with Crippen molar-refractivity contribution < 1.29 is 8.42 Å². The van der Waals surface area contributed by atoms with E-state index in [1.54, 1.807) is 37.0 Å². The first-order chi connectivity index (χ1) is 9.45.